The Morgan fingerprint density at radius 3 is 2.50 bits per heavy atom. The monoisotopic (exact) mass is 290 g/mol. The summed E-state index contributed by atoms with van der Waals surface area (Å²) in [6, 6.07) is 13.6. The molecule has 4 heteroatoms. The van der Waals surface area contributed by atoms with E-state index in [2.05, 4.69) is 12.1 Å². The number of rotatable bonds is 5. The quantitative estimate of drug-likeness (QED) is 0.890. The molecule has 0 aliphatic carbocycles. The normalized spacial score (nSPS) is 12.2. The minimum atomic E-state index is -0.279. The molecule has 0 amide bonds. The second kappa shape index (κ2) is 6.75. The van der Waals surface area contributed by atoms with Crippen molar-refractivity contribution in [3.8, 4) is 5.75 Å². The van der Waals surface area contributed by atoms with E-state index < -0.39 is 0 Å². The molecule has 0 aromatic heterocycles. The maximum Gasteiger partial charge on any atom is 0.127 e. The van der Waals surface area contributed by atoms with Crippen LogP contribution in [0.3, 0.4) is 0 Å². The number of nitrogens with two attached hydrogens (primary N) is 2. The Labute approximate surface area is 124 Å². The van der Waals surface area contributed by atoms with Gasteiger partial charge in [-0.15, -0.1) is 0 Å². The molecule has 2 aromatic rings. The molecule has 2 aromatic carbocycles. The van der Waals surface area contributed by atoms with E-state index in [1.165, 1.54) is 5.56 Å². The van der Waals surface area contributed by atoms with Gasteiger partial charge in [0.2, 0.25) is 0 Å². The molecule has 0 bridgehead atoms. The molecule has 0 heterocycles. The van der Waals surface area contributed by atoms with Crippen LogP contribution in [0, 0.1) is 0 Å². The van der Waals surface area contributed by atoms with Gasteiger partial charge in [-0.05, 0) is 17.7 Å². The van der Waals surface area contributed by atoms with Crippen LogP contribution in [0.15, 0.2) is 42.5 Å². The van der Waals surface area contributed by atoms with Gasteiger partial charge in [0.1, 0.15) is 5.75 Å². The number of hydrogen-bond donors (Lipinski definition) is 2. The van der Waals surface area contributed by atoms with Crippen LogP contribution in [0.5, 0.6) is 5.75 Å². The smallest absolute Gasteiger partial charge is 0.127 e. The van der Waals surface area contributed by atoms with Gasteiger partial charge in [-0.3, -0.25) is 0 Å². The third-order valence-corrected chi connectivity index (χ3v) is 3.47. The van der Waals surface area contributed by atoms with Crippen LogP contribution >= 0.6 is 11.6 Å². The molecule has 106 valence electrons. The summed E-state index contributed by atoms with van der Waals surface area (Å²) in [4.78, 5) is 0. The molecular formula is C16H19ClN2O. The molecule has 0 saturated carbocycles. The molecule has 1 atom stereocenters. The van der Waals surface area contributed by atoms with Crippen LogP contribution in [0.4, 0.5) is 0 Å². The second-order valence-electron chi connectivity index (χ2n) is 4.69. The van der Waals surface area contributed by atoms with Crippen molar-refractivity contribution in [3.63, 3.8) is 0 Å². The number of halogens is 1. The Morgan fingerprint density at radius 1 is 1.20 bits per heavy atom. The van der Waals surface area contributed by atoms with Crippen LogP contribution in [0.25, 0.3) is 0 Å². The molecule has 20 heavy (non-hydrogen) atoms. The standard InChI is InChI=1S/C16H19ClN2O/c1-20-16-12(7-11-5-3-2-4-6-11)8-13(17)9-14(16)15(19)10-18/h2-6,8-9,15H,7,10,18-19H2,1H3. The maximum atomic E-state index is 6.19. The van der Waals surface area contributed by atoms with E-state index in [9.17, 15) is 0 Å². The average molecular weight is 291 g/mol. The Kier molecular flexibility index (Phi) is 5.01. The Hall–Kier alpha value is -1.55. The number of hydrogen-bond acceptors (Lipinski definition) is 3. The van der Waals surface area contributed by atoms with Crippen LogP contribution in [0.2, 0.25) is 5.02 Å². The summed E-state index contributed by atoms with van der Waals surface area (Å²) in [5.74, 6) is 0.774. The molecule has 0 aliphatic heterocycles. The Balaban J connectivity index is 2.44. The first-order valence-corrected chi connectivity index (χ1v) is 6.89. The SMILES string of the molecule is COc1c(Cc2ccccc2)cc(Cl)cc1C(N)CN. The maximum absolute atomic E-state index is 6.19. The van der Waals surface area contributed by atoms with Gasteiger partial charge in [-0.1, -0.05) is 41.9 Å². The molecule has 0 saturated heterocycles. The molecule has 0 fully saturated rings. The van der Waals surface area contributed by atoms with Crippen LogP contribution in [-0.2, 0) is 6.42 Å². The van der Waals surface area contributed by atoms with E-state index in [0.29, 0.717) is 11.6 Å². The molecule has 2 rings (SSSR count). The zero-order valence-corrected chi connectivity index (χ0v) is 12.2. The van der Waals surface area contributed by atoms with Crippen molar-refractivity contribution in [1.82, 2.24) is 0 Å². The highest BCUT2D eigenvalue weighted by atomic mass is 35.5. The lowest BCUT2D eigenvalue weighted by Crippen LogP contribution is -2.21. The van der Waals surface area contributed by atoms with Crippen molar-refractivity contribution < 1.29 is 4.74 Å². The van der Waals surface area contributed by atoms with Gasteiger partial charge in [-0.25, -0.2) is 0 Å². The van der Waals surface area contributed by atoms with Gasteiger partial charge in [0.15, 0.2) is 0 Å². The largest absolute Gasteiger partial charge is 0.496 e. The van der Waals surface area contributed by atoms with E-state index in [0.717, 1.165) is 23.3 Å². The summed E-state index contributed by atoms with van der Waals surface area (Å²) in [7, 11) is 1.64. The van der Waals surface area contributed by atoms with Crippen molar-refractivity contribution in [1.29, 1.82) is 0 Å². The first kappa shape index (κ1) is 14.9. The third kappa shape index (κ3) is 3.31. The van der Waals surface area contributed by atoms with Gasteiger partial charge >= 0.3 is 0 Å². The van der Waals surface area contributed by atoms with Gasteiger partial charge in [0.05, 0.1) is 7.11 Å². The highest BCUT2D eigenvalue weighted by Crippen LogP contribution is 2.33. The molecule has 1 unspecified atom stereocenters. The minimum absolute atomic E-state index is 0.279. The van der Waals surface area contributed by atoms with Gasteiger partial charge in [0.25, 0.3) is 0 Å². The summed E-state index contributed by atoms with van der Waals surface area (Å²) >= 11 is 6.19. The molecule has 3 nitrogen and oxygen atoms in total. The van der Waals surface area contributed by atoms with Crippen molar-refractivity contribution in [2.24, 2.45) is 11.5 Å². The van der Waals surface area contributed by atoms with Gasteiger partial charge in [-0.2, -0.15) is 0 Å². The Morgan fingerprint density at radius 2 is 1.90 bits per heavy atom. The van der Waals surface area contributed by atoms with Crippen molar-refractivity contribution in [2.75, 3.05) is 13.7 Å². The average Bonchev–Trinajstić information content (AvgIpc) is 2.47. The van der Waals surface area contributed by atoms with Crippen LogP contribution < -0.4 is 16.2 Å². The highest BCUT2D eigenvalue weighted by molar-refractivity contribution is 6.30. The fraction of sp³-hybridized carbons (Fsp3) is 0.250. The molecule has 4 N–H and O–H groups in total. The fourth-order valence-corrected chi connectivity index (χ4v) is 2.52. The Bertz CT molecular complexity index is 572. The summed E-state index contributed by atoms with van der Waals surface area (Å²) in [5, 5.41) is 0.649. The van der Waals surface area contributed by atoms with E-state index >= 15 is 0 Å². The highest BCUT2D eigenvalue weighted by Gasteiger charge is 2.16. The second-order valence-corrected chi connectivity index (χ2v) is 5.13. The van der Waals surface area contributed by atoms with E-state index in [1.807, 2.05) is 30.3 Å². The van der Waals surface area contributed by atoms with E-state index in [-0.39, 0.29) is 6.04 Å². The lowest BCUT2D eigenvalue weighted by Gasteiger charge is -2.18. The first-order valence-electron chi connectivity index (χ1n) is 6.51. The molecular weight excluding hydrogens is 272 g/mol. The summed E-state index contributed by atoms with van der Waals surface area (Å²) in [5.41, 5.74) is 14.8. The topological polar surface area (TPSA) is 61.3 Å². The third-order valence-electron chi connectivity index (χ3n) is 3.25. The zero-order valence-electron chi connectivity index (χ0n) is 11.5. The van der Waals surface area contributed by atoms with E-state index in [1.54, 1.807) is 7.11 Å². The lowest BCUT2D eigenvalue weighted by atomic mass is 9.98. The minimum Gasteiger partial charge on any atom is -0.496 e. The van der Waals surface area contributed by atoms with Crippen molar-refractivity contribution >= 4 is 11.6 Å². The molecule has 0 spiro atoms. The zero-order chi connectivity index (χ0) is 14.5. The first-order chi connectivity index (χ1) is 9.65. The van der Waals surface area contributed by atoms with Gasteiger partial charge in [0, 0.05) is 35.2 Å². The van der Waals surface area contributed by atoms with Crippen molar-refractivity contribution in [2.45, 2.75) is 12.5 Å². The molecule has 0 aliphatic rings. The van der Waals surface area contributed by atoms with Crippen molar-refractivity contribution in [3.05, 3.63) is 64.2 Å². The predicted molar refractivity (Wildman–Crippen MR) is 83.2 cm³/mol. The molecule has 0 radical (unpaired) electrons. The predicted octanol–water partition coefficient (Wildman–Crippen LogP) is 2.90. The number of methoxy groups -OCH3 is 1. The fourth-order valence-electron chi connectivity index (χ4n) is 2.27. The summed E-state index contributed by atoms with van der Waals surface area (Å²) in [6.07, 6.45) is 0.745. The number of benzene rings is 2. The number of ether oxygens (including phenoxy) is 1. The summed E-state index contributed by atoms with van der Waals surface area (Å²) < 4.78 is 5.53. The van der Waals surface area contributed by atoms with E-state index in [4.69, 9.17) is 27.8 Å². The lowest BCUT2D eigenvalue weighted by molar-refractivity contribution is 0.401. The summed E-state index contributed by atoms with van der Waals surface area (Å²) in [6.45, 7) is 0.349. The van der Waals surface area contributed by atoms with Gasteiger partial charge < -0.3 is 16.2 Å². The van der Waals surface area contributed by atoms with Crippen LogP contribution in [0.1, 0.15) is 22.7 Å². The van der Waals surface area contributed by atoms with Crippen LogP contribution in [-0.4, -0.2) is 13.7 Å².